The zero-order chi connectivity index (χ0) is 21.8. The molecule has 0 bridgehead atoms. The second-order valence-electron chi connectivity index (χ2n) is 7.00. The Kier molecular flexibility index (Phi) is 6.18. The van der Waals surface area contributed by atoms with Crippen molar-refractivity contribution in [1.82, 2.24) is 0 Å². The van der Waals surface area contributed by atoms with E-state index in [-0.39, 0.29) is 11.6 Å². The summed E-state index contributed by atoms with van der Waals surface area (Å²) >= 11 is 3.45. The first-order valence-electron chi connectivity index (χ1n) is 9.67. The van der Waals surface area contributed by atoms with Crippen LogP contribution in [0.2, 0.25) is 0 Å². The molecule has 0 radical (unpaired) electrons. The van der Waals surface area contributed by atoms with Crippen molar-refractivity contribution in [3.63, 3.8) is 0 Å². The summed E-state index contributed by atoms with van der Waals surface area (Å²) in [5, 5.41) is 0. The summed E-state index contributed by atoms with van der Waals surface area (Å²) < 4.78 is 17.5. The zero-order valence-electron chi connectivity index (χ0n) is 17.1. The predicted molar refractivity (Wildman–Crippen MR) is 123 cm³/mol. The van der Waals surface area contributed by atoms with E-state index in [1.165, 1.54) is 5.56 Å². The third kappa shape index (κ3) is 4.86. The fourth-order valence-electron chi connectivity index (χ4n) is 3.06. The third-order valence-electron chi connectivity index (χ3n) is 4.73. The molecule has 0 aliphatic carbocycles. The lowest BCUT2D eigenvalue weighted by Crippen LogP contribution is -2.05. The number of carbonyl (C=O) groups excluding carboxylic acids is 1. The molecule has 156 valence electrons. The molecule has 0 unspecified atom stereocenters. The van der Waals surface area contributed by atoms with Crippen LogP contribution in [0.1, 0.15) is 22.3 Å². The smallest absolute Gasteiger partial charge is 0.363 e. The monoisotopic (exact) mass is 477 g/mol. The van der Waals surface area contributed by atoms with Gasteiger partial charge in [0.25, 0.3) is 0 Å². The molecule has 31 heavy (non-hydrogen) atoms. The van der Waals surface area contributed by atoms with Crippen molar-refractivity contribution in [2.24, 2.45) is 4.99 Å². The van der Waals surface area contributed by atoms with Crippen LogP contribution in [0.5, 0.6) is 11.5 Å². The maximum absolute atomic E-state index is 12.3. The summed E-state index contributed by atoms with van der Waals surface area (Å²) in [6, 6.07) is 21.1. The Morgan fingerprint density at radius 2 is 1.81 bits per heavy atom. The minimum Gasteiger partial charge on any atom is -0.493 e. The van der Waals surface area contributed by atoms with Crippen LogP contribution in [0.25, 0.3) is 6.08 Å². The van der Waals surface area contributed by atoms with Gasteiger partial charge in [-0.2, -0.15) is 0 Å². The first-order chi connectivity index (χ1) is 15.0. The van der Waals surface area contributed by atoms with Crippen LogP contribution < -0.4 is 9.47 Å². The quantitative estimate of drug-likeness (QED) is 0.338. The Morgan fingerprint density at radius 3 is 2.55 bits per heavy atom. The number of carbonyl (C=O) groups is 1. The van der Waals surface area contributed by atoms with E-state index < -0.39 is 5.97 Å². The molecule has 0 fully saturated rings. The Bertz CT molecular complexity index is 1180. The lowest BCUT2D eigenvalue weighted by atomic mass is 10.1. The van der Waals surface area contributed by atoms with Gasteiger partial charge in [0, 0.05) is 4.47 Å². The topological polar surface area (TPSA) is 57.1 Å². The summed E-state index contributed by atoms with van der Waals surface area (Å²) in [4.78, 5) is 16.7. The maximum atomic E-state index is 12.3. The van der Waals surface area contributed by atoms with Crippen molar-refractivity contribution in [2.75, 3.05) is 7.11 Å². The van der Waals surface area contributed by atoms with E-state index in [0.29, 0.717) is 18.1 Å². The van der Waals surface area contributed by atoms with E-state index in [4.69, 9.17) is 14.2 Å². The van der Waals surface area contributed by atoms with Crippen molar-refractivity contribution < 1.29 is 19.0 Å². The number of cyclic esters (lactones) is 1. The number of rotatable bonds is 6. The number of esters is 1. The van der Waals surface area contributed by atoms with Crippen LogP contribution in [-0.4, -0.2) is 19.0 Å². The zero-order valence-corrected chi connectivity index (χ0v) is 18.7. The van der Waals surface area contributed by atoms with Gasteiger partial charge in [0.2, 0.25) is 5.90 Å². The number of ether oxygens (including phenoxy) is 3. The van der Waals surface area contributed by atoms with Crippen LogP contribution >= 0.6 is 15.9 Å². The number of hydrogen-bond donors (Lipinski definition) is 0. The van der Waals surface area contributed by atoms with Gasteiger partial charge < -0.3 is 14.2 Å². The molecule has 0 N–H and O–H groups in total. The Morgan fingerprint density at radius 1 is 1.03 bits per heavy atom. The minimum atomic E-state index is -0.496. The molecule has 0 spiro atoms. The van der Waals surface area contributed by atoms with E-state index in [1.54, 1.807) is 19.3 Å². The van der Waals surface area contributed by atoms with Gasteiger partial charge in [0.05, 0.1) is 12.7 Å². The number of methoxy groups -OCH3 is 1. The summed E-state index contributed by atoms with van der Waals surface area (Å²) in [6.45, 7) is 2.48. The molecule has 0 saturated carbocycles. The highest BCUT2D eigenvalue weighted by molar-refractivity contribution is 9.10. The summed E-state index contributed by atoms with van der Waals surface area (Å²) in [5.74, 6) is 0.970. The lowest BCUT2D eigenvalue weighted by molar-refractivity contribution is -0.129. The van der Waals surface area contributed by atoms with E-state index in [0.717, 1.165) is 21.2 Å². The summed E-state index contributed by atoms with van der Waals surface area (Å²) in [7, 11) is 1.58. The van der Waals surface area contributed by atoms with E-state index in [2.05, 4.69) is 33.1 Å². The molecule has 3 aromatic rings. The van der Waals surface area contributed by atoms with Crippen molar-refractivity contribution in [3.05, 3.63) is 99.2 Å². The molecule has 3 aromatic carbocycles. The average Bonchev–Trinajstić information content (AvgIpc) is 3.14. The first-order valence-corrected chi connectivity index (χ1v) is 10.5. The molecule has 0 amide bonds. The number of nitrogens with zero attached hydrogens (tertiary/aromatic N) is 1. The van der Waals surface area contributed by atoms with Gasteiger partial charge in [-0.25, -0.2) is 9.79 Å². The van der Waals surface area contributed by atoms with E-state index in [1.807, 2.05) is 55.5 Å². The van der Waals surface area contributed by atoms with Crippen LogP contribution in [0.3, 0.4) is 0 Å². The van der Waals surface area contributed by atoms with Crippen LogP contribution in [0.4, 0.5) is 0 Å². The van der Waals surface area contributed by atoms with Gasteiger partial charge in [-0.15, -0.1) is 0 Å². The molecule has 5 nitrogen and oxygen atoms in total. The third-order valence-corrected chi connectivity index (χ3v) is 5.42. The molecule has 0 aromatic heterocycles. The van der Waals surface area contributed by atoms with Gasteiger partial charge >= 0.3 is 5.97 Å². The second kappa shape index (κ2) is 9.18. The van der Waals surface area contributed by atoms with Crippen LogP contribution in [-0.2, 0) is 16.1 Å². The Hall–Kier alpha value is -3.38. The normalized spacial score (nSPS) is 14.4. The predicted octanol–water partition coefficient (Wildman–Crippen LogP) is 5.69. The van der Waals surface area contributed by atoms with Gasteiger partial charge in [-0.05, 0) is 64.3 Å². The highest BCUT2D eigenvalue weighted by Gasteiger charge is 2.25. The molecule has 4 rings (SSSR count). The van der Waals surface area contributed by atoms with E-state index >= 15 is 0 Å². The highest BCUT2D eigenvalue weighted by atomic mass is 79.9. The van der Waals surface area contributed by atoms with Crippen molar-refractivity contribution in [3.8, 4) is 11.5 Å². The number of halogens is 1. The molecule has 1 aliphatic heterocycles. The van der Waals surface area contributed by atoms with Crippen molar-refractivity contribution >= 4 is 33.9 Å². The number of aliphatic imine (C=N–C) groups is 1. The number of hydrogen-bond acceptors (Lipinski definition) is 5. The SMILES string of the molecule is COc1cc(/C=C2\N=C(c3ccccc3Br)OC2=O)ccc1OCc1ccc(C)cc1. The van der Waals surface area contributed by atoms with Crippen LogP contribution in [0, 0.1) is 6.92 Å². The molecule has 1 heterocycles. The fraction of sp³-hybridized carbons (Fsp3) is 0.120. The summed E-state index contributed by atoms with van der Waals surface area (Å²) in [5.41, 5.74) is 3.97. The Labute approximate surface area is 189 Å². The average molecular weight is 478 g/mol. The minimum absolute atomic E-state index is 0.223. The molecular formula is C25H20BrNO4. The van der Waals surface area contributed by atoms with E-state index in [9.17, 15) is 4.79 Å². The number of aryl methyl sites for hydroxylation is 1. The fourth-order valence-corrected chi connectivity index (χ4v) is 3.51. The van der Waals surface area contributed by atoms with Crippen LogP contribution in [0.15, 0.2) is 81.9 Å². The summed E-state index contributed by atoms with van der Waals surface area (Å²) in [6.07, 6.45) is 1.67. The van der Waals surface area contributed by atoms with Crippen molar-refractivity contribution in [2.45, 2.75) is 13.5 Å². The molecular weight excluding hydrogens is 458 g/mol. The lowest BCUT2D eigenvalue weighted by Gasteiger charge is -2.11. The first kappa shape index (κ1) is 20.9. The van der Waals surface area contributed by atoms with Gasteiger partial charge in [0.15, 0.2) is 17.2 Å². The molecule has 0 atom stereocenters. The van der Waals surface area contributed by atoms with Gasteiger partial charge in [-0.1, -0.05) is 48.0 Å². The van der Waals surface area contributed by atoms with Gasteiger partial charge in [0.1, 0.15) is 6.61 Å². The second-order valence-corrected chi connectivity index (χ2v) is 7.85. The van der Waals surface area contributed by atoms with Crippen molar-refractivity contribution in [1.29, 1.82) is 0 Å². The molecule has 1 aliphatic rings. The van der Waals surface area contributed by atoms with Gasteiger partial charge in [-0.3, -0.25) is 0 Å². The Balaban J connectivity index is 1.54. The maximum Gasteiger partial charge on any atom is 0.363 e. The number of benzene rings is 3. The molecule has 6 heteroatoms. The molecule has 0 saturated heterocycles. The largest absolute Gasteiger partial charge is 0.493 e. The standard InChI is InChI=1S/C25H20BrNO4/c1-16-7-9-17(10-8-16)15-30-22-12-11-18(14-23(22)29-2)13-21-25(28)31-24(27-21)19-5-3-4-6-20(19)26/h3-14H,15H2,1-2H3/b21-13-. The highest BCUT2D eigenvalue weighted by Crippen LogP contribution is 2.31.